The predicted octanol–water partition coefficient (Wildman–Crippen LogP) is 4.04. The molecule has 0 bridgehead atoms. The first-order valence-electron chi connectivity index (χ1n) is 11.1. The first-order valence-corrected chi connectivity index (χ1v) is 11.1. The lowest BCUT2D eigenvalue weighted by molar-refractivity contribution is -0.125. The van der Waals surface area contributed by atoms with E-state index in [4.69, 9.17) is 0 Å². The maximum absolute atomic E-state index is 13.1. The van der Waals surface area contributed by atoms with E-state index in [9.17, 15) is 9.59 Å². The second kappa shape index (κ2) is 9.00. The lowest BCUT2D eigenvalue weighted by atomic mass is 9.84. The number of Topliss-reactive ketones (excluding diaryl/α,β-unsaturated/α-hetero) is 1. The zero-order valence-corrected chi connectivity index (χ0v) is 18.3. The van der Waals surface area contributed by atoms with Gasteiger partial charge in [-0.15, -0.1) is 0 Å². The number of amides is 1. The maximum atomic E-state index is 13.1. The molecule has 1 aliphatic carbocycles. The van der Waals surface area contributed by atoms with Crippen LogP contribution in [0.4, 0.5) is 0 Å². The zero-order valence-electron chi connectivity index (χ0n) is 18.3. The summed E-state index contributed by atoms with van der Waals surface area (Å²) < 4.78 is 0. The third-order valence-electron chi connectivity index (χ3n) is 6.14. The summed E-state index contributed by atoms with van der Waals surface area (Å²) in [5.74, 6) is 0.644. The molecule has 4 rings (SSSR count). The molecule has 0 radical (unpaired) electrons. The average Bonchev–Trinajstić information content (AvgIpc) is 3.53. The number of aromatic nitrogens is 3. The van der Waals surface area contributed by atoms with Crippen molar-refractivity contribution in [3.05, 3.63) is 65.8 Å². The monoisotopic (exact) mass is 418 g/mol. The normalized spacial score (nSPS) is 17.4. The standard InChI is InChI=1S/C25H30N4O2/c1-4-24(31)29-11-5-6-19(15-29)21-10-9-18(14-26-21)25(16(2)3)23(30)13-20-12-22(28-27-20)17-7-8-17/h4,6,9-10,12,14,16-17,25H,1,5,7-8,11,13,15H2,2-3H3,(H,27,28). The van der Waals surface area contributed by atoms with Gasteiger partial charge in [0.25, 0.3) is 0 Å². The van der Waals surface area contributed by atoms with Gasteiger partial charge < -0.3 is 4.90 Å². The van der Waals surface area contributed by atoms with E-state index in [-0.39, 0.29) is 23.5 Å². The van der Waals surface area contributed by atoms with Crippen LogP contribution >= 0.6 is 0 Å². The summed E-state index contributed by atoms with van der Waals surface area (Å²) in [7, 11) is 0. The molecule has 1 N–H and O–H groups in total. The summed E-state index contributed by atoms with van der Waals surface area (Å²) >= 11 is 0. The smallest absolute Gasteiger partial charge is 0.246 e. The highest BCUT2D eigenvalue weighted by molar-refractivity contribution is 5.89. The zero-order chi connectivity index (χ0) is 22.0. The number of H-pyrrole nitrogens is 1. The van der Waals surface area contributed by atoms with E-state index in [1.54, 1.807) is 4.90 Å². The van der Waals surface area contributed by atoms with Crippen molar-refractivity contribution >= 4 is 17.3 Å². The summed E-state index contributed by atoms with van der Waals surface area (Å²) in [5, 5.41) is 7.41. The molecule has 1 amide bonds. The SMILES string of the molecule is C=CC(=O)N1CCC=C(c2ccc(C(C(=O)Cc3cc(C4CC4)n[nH]3)C(C)C)cn2)C1. The van der Waals surface area contributed by atoms with Gasteiger partial charge >= 0.3 is 0 Å². The van der Waals surface area contributed by atoms with E-state index in [1.165, 1.54) is 18.9 Å². The van der Waals surface area contributed by atoms with Crippen LogP contribution < -0.4 is 0 Å². The fourth-order valence-electron chi connectivity index (χ4n) is 4.32. The van der Waals surface area contributed by atoms with Crippen molar-refractivity contribution in [2.75, 3.05) is 13.1 Å². The molecule has 1 saturated carbocycles. The van der Waals surface area contributed by atoms with Crippen LogP contribution in [-0.4, -0.2) is 44.9 Å². The lowest BCUT2D eigenvalue weighted by Gasteiger charge is -2.26. The van der Waals surface area contributed by atoms with Crippen LogP contribution in [0, 0.1) is 5.92 Å². The molecule has 1 aliphatic heterocycles. The van der Waals surface area contributed by atoms with Gasteiger partial charge in [-0.05, 0) is 54.5 Å². The van der Waals surface area contributed by atoms with Gasteiger partial charge in [0.15, 0.2) is 0 Å². The molecule has 2 aromatic heterocycles. The van der Waals surface area contributed by atoms with Gasteiger partial charge in [-0.25, -0.2) is 0 Å². The first kappa shape index (κ1) is 21.2. The molecule has 1 unspecified atom stereocenters. The second-order valence-electron chi connectivity index (χ2n) is 8.92. The number of nitrogens with zero attached hydrogens (tertiary/aromatic N) is 3. The topological polar surface area (TPSA) is 79.0 Å². The van der Waals surface area contributed by atoms with Crippen molar-refractivity contribution < 1.29 is 9.59 Å². The molecule has 31 heavy (non-hydrogen) atoms. The molecule has 0 aromatic carbocycles. The van der Waals surface area contributed by atoms with Crippen molar-refractivity contribution in [1.29, 1.82) is 0 Å². The van der Waals surface area contributed by atoms with Crippen LogP contribution in [0.2, 0.25) is 0 Å². The highest BCUT2D eigenvalue weighted by Crippen LogP contribution is 2.39. The molecule has 162 valence electrons. The summed E-state index contributed by atoms with van der Waals surface area (Å²) in [5.41, 5.74) is 4.79. The van der Waals surface area contributed by atoms with Gasteiger partial charge in [0.05, 0.1) is 11.4 Å². The number of aromatic amines is 1. The molecular formula is C25H30N4O2. The number of carbonyl (C=O) groups is 2. The van der Waals surface area contributed by atoms with Crippen molar-refractivity contribution in [2.24, 2.45) is 5.92 Å². The number of ketones is 1. The van der Waals surface area contributed by atoms with Gasteiger partial charge in [0.1, 0.15) is 5.78 Å². The number of hydrogen-bond donors (Lipinski definition) is 1. The fourth-order valence-corrected chi connectivity index (χ4v) is 4.32. The van der Waals surface area contributed by atoms with Crippen LogP contribution in [-0.2, 0) is 16.0 Å². The van der Waals surface area contributed by atoms with Gasteiger partial charge in [0.2, 0.25) is 5.91 Å². The average molecular weight is 419 g/mol. The van der Waals surface area contributed by atoms with Gasteiger partial charge in [-0.1, -0.05) is 32.6 Å². The molecule has 6 nitrogen and oxygen atoms in total. The third kappa shape index (κ3) is 4.84. The summed E-state index contributed by atoms with van der Waals surface area (Å²) in [6.45, 7) is 8.95. The van der Waals surface area contributed by atoms with Gasteiger partial charge in [-0.2, -0.15) is 5.10 Å². The van der Waals surface area contributed by atoms with E-state index in [2.05, 4.69) is 41.7 Å². The Hall–Kier alpha value is -3.02. The number of rotatable bonds is 8. The largest absolute Gasteiger partial charge is 0.334 e. The van der Waals surface area contributed by atoms with Crippen molar-refractivity contribution in [1.82, 2.24) is 20.1 Å². The molecule has 0 spiro atoms. The van der Waals surface area contributed by atoms with Crippen LogP contribution in [0.15, 0.2) is 43.1 Å². The minimum Gasteiger partial charge on any atom is -0.334 e. The molecular weight excluding hydrogens is 388 g/mol. The van der Waals surface area contributed by atoms with Crippen molar-refractivity contribution in [2.45, 2.75) is 51.4 Å². The van der Waals surface area contributed by atoms with E-state index in [0.717, 1.165) is 34.6 Å². The maximum Gasteiger partial charge on any atom is 0.246 e. The number of nitrogens with one attached hydrogen (secondary N) is 1. The first-order chi connectivity index (χ1) is 15.0. The Balaban J connectivity index is 1.47. The van der Waals surface area contributed by atoms with E-state index < -0.39 is 0 Å². The van der Waals surface area contributed by atoms with Crippen molar-refractivity contribution in [3.8, 4) is 0 Å². The quantitative estimate of drug-likeness (QED) is 0.657. The highest BCUT2D eigenvalue weighted by Gasteiger charge is 2.28. The van der Waals surface area contributed by atoms with E-state index in [1.807, 2.05) is 24.4 Å². The minimum absolute atomic E-state index is 0.0589. The Morgan fingerprint density at radius 3 is 2.77 bits per heavy atom. The summed E-state index contributed by atoms with van der Waals surface area (Å²) in [6, 6.07) is 6.01. The van der Waals surface area contributed by atoms with Crippen LogP contribution in [0.25, 0.3) is 5.57 Å². The third-order valence-corrected chi connectivity index (χ3v) is 6.14. The Bertz CT molecular complexity index is 999. The Kier molecular flexibility index (Phi) is 6.16. The second-order valence-corrected chi connectivity index (χ2v) is 8.92. The number of pyridine rings is 1. The molecule has 2 aromatic rings. The predicted molar refractivity (Wildman–Crippen MR) is 120 cm³/mol. The minimum atomic E-state index is -0.214. The number of hydrogen-bond acceptors (Lipinski definition) is 4. The molecule has 1 atom stereocenters. The van der Waals surface area contributed by atoms with E-state index >= 15 is 0 Å². The molecule has 2 aliphatic rings. The fraction of sp³-hybridized carbons (Fsp3) is 0.440. The van der Waals surface area contributed by atoms with Crippen LogP contribution in [0.3, 0.4) is 0 Å². The molecule has 0 saturated heterocycles. The lowest BCUT2D eigenvalue weighted by Crippen LogP contribution is -2.34. The summed E-state index contributed by atoms with van der Waals surface area (Å²) in [4.78, 5) is 31.5. The molecule has 6 heteroatoms. The Morgan fingerprint density at radius 2 is 2.13 bits per heavy atom. The van der Waals surface area contributed by atoms with Crippen molar-refractivity contribution in [3.63, 3.8) is 0 Å². The van der Waals surface area contributed by atoms with Gasteiger partial charge in [0, 0.05) is 43.2 Å². The van der Waals surface area contributed by atoms with Gasteiger partial charge in [-0.3, -0.25) is 19.7 Å². The van der Waals surface area contributed by atoms with Crippen LogP contribution in [0.1, 0.15) is 67.6 Å². The van der Waals surface area contributed by atoms with E-state index in [0.29, 0.717) is 25.4 Å². The Labute approximate surface area is 183 Å². The van der Waals surface area contributed by atoms with Crippen LogP contribution in [0.5, 0.6) is 0 Å². The molecule has 3 heterocycles. The Morgan fingerprint density at radius 1 is 1.32 bits per heavy atom. The summed E-state index contributed by atoms with van der Waals surface area (Å²) in [6.07, 6.45) is 8.85. The highest BCUT2D eigenvalue weighted by atomic mass is 16.2. The molecule has 1 fully saturated rings. The number of carbonyl (C=O) groups excluding carboxylic acids is 2.